The number of hydrogen-bond acceptors (Lipinski definition) is 7. The minimum Gasteiger partial charge on any atom is -0.467 e. The SMILES string of the molecule is COc1nc(NN)nc(NCCc2ccccc2C)n1. The van der Waals surface area contributed by atoms with Crippen LogP contribution in [0.25, 0.3) is 0 Å². The number of nitrogens with two attached hydrogens (primary N) is 1. The number of nitrogen functional groups attached to an aromatic ring is 1. The maximum absolute atomic E-state index is 5.30. The van der Waals surface area contributed by atoms with E-state index in [0.29, 0.717) is 12.5 Å². The maximum Gasteiger partial charge on any atom is 0.322 e. The van der Waals surface area contributed by atoms with Gasteiger partial charge in [0.05, 0.1) is 7.11 Å². The lowest BCUT2D eigenvalue weighted by molar-refractivity contribution is 0.379. The molecule has 0 bridgehead atoms. The summed E-state index contributed by atoms with van der Waals surface area (Å²) in [6.07, 6.45) is 0.881. The number of ether oxygens (including phenoxy) is 1. The summed E-state index contributed by atoms with van der Waals surface area (Å²) in [6, 6.07) is 8.48. The first kappa shape index (κ1) is 14.0. The Hall–Kier alpha value is -2.41. The summed E-state index contributed by atoms with van der Waals surface area (Å²) in [5.74, 6) is 5.98. The minimum atomic E-state index is 0.214. The zero-order chi connectivity index (χ0) is 14.4. The van der Waals surface area contributed by atoms with Crippen LogP contribution in [-0.2, 0) is 6.42 Å². The van der Waals surface area contributed by atoms with Crippen LogP contribution in [0.15, 0.2) is 24.3 Å². The fourth-order valence-corrected chi connectivity index (χ4v) is 1.79. The molecule has 1 aromatic carbocycles. The standard InChI is InChI=1S/C13H18N6O/c1-9-5-3-4-6-10(9)7-8-15-11-16-12(19-14)18-13(17-11)20-2/h3-6H,7-8,14H2,1-2H3,(H2,15,16,17,18,19). The van der Waals surface area contributed by atoms with E-state index in [2.05, 4.69) is 44.8 Å². The topological polar surface area (TPSA) is 98.0 Å². The van der Waals surface area contributed by atoms with E-state index in [9.17, 15) is 0 Å². The van der Waals surface area contributed by atoms with Gasteiger partial charge >= 0.3 is 6.01 Å². The Kier molecular flexibility index (Phi) is 4.67. The smallest absolute Gasteiger partial charge is 0.322 e. The summed E-state index contributed by atoms with van der Waals surface area (Å²) in [6.45, 7) is 2.81. The summed E-state index contributed by atoms with van der Waals surface area (Å²) in [4.78, 5) is 12.1. The van der Waals surface area contributed by atoms with E-state index in [0.717, 1.165) is 6.42 Å². The molecule has 0 aliphatic carbocycles. The molecule has 7 heteroatoms. The van der Waals surface area contributed by atoms with Gasteiger partial charge in [-0.15, -0.1) is 0 Å². The van der Waals surface area contributed by atoms with Crippen LogP contribution >= 0.6 is 0 Å². The lowest BCUT2D eigenvalue weighted by Crippen LogP contribution is -2.15. The number of methoxy groups -OCH3 is 1. The van der Waals surface area contributed by atoms with Crippen molar-refractivity contribution < 1.29 is 4.74 Å². The Labute approximate surface area is 117 Å². The highest BCUT2D eigenvalue weighted by molar-refractivity contribution is 5.35. The van der Waals surface area contributed by atoms with Crippen molar-refractivity contribution in [2.45, 2.75) is 13.3 Å². The summed E-state index contributed by atoms with van der Waals surface area (Å²) in [5.41, 5.74) is 4.94. The van der Waals surface area contributed by atoms with E-state index in [-0.39, 0.29) is 12.0 Å². The number of nitrogens with one attached hydrogen (secondary N) is 2. The number of aromatic nitrogens is 3. The van der Waals surface area contributed by atoms with Crippen molar-refractivity contribution in [3.63, 3.8) is 0 Å². The van der Waals surface area contributed by atoms with Crippen molar-refractivity contribution in [2.24, 2.45) is 5.84 Å². The van der Waals surface area contributed by atoms with E-state index in [1.165, 1.54) is 18.2 Å². The van der Waals surface area contributed by atoms with Crippen LogP contribution in [0.3, 0.4) is 0 Å². The lowest BCUT2D eigenvalue weighted by Gasteiger charge is -2.09. The second-order valence-electron chi connectivity index (χ2n) is 4.22. The van der Waals surface area contributed by atoms with E-state index in [1.807, 2.05) is 12.1 Å². The zero-order valence-corrected chi connectivity index (χ0v) is 11.6. The van der Waals surface area contributed by atoms with Gasteiger partial charge < -0.3 is 10.1 Å². The van der Waals surface area contributed by atoms with Crippen LogP contribution in [-0.4, -0.2) is 28.6 Å². The van der Waals surface area contributed by atoms with Crippen molar-refractivity contribution >= 4 is 11.9 Å². The van der Waals surface area contributed by atoms with Gasteiger partial charge in [0.1, 0.15) is 0 Å². The molecule has 1 aromatic heterocycles. The van der Waals surface area contributed by atoms with Crippen molar-refractivity contribution in [3.8, 4) is 6.01 Å². The van der Waals surface area contributed by atoms with Gasteiger partial charge in [0.15, 0.2) is 0 Å². The molecule has 0 unspecified atom stereocenters. The van der Waals surface area contributed by atoms with Gasteiger partial charge in [-0.05, 0) is 24.5 Å². The number of hydrogen-bond donors (Lipinski definition) is 3. The van der Waals surface area contributed by atoms with Crippen LogP contribution in [0.4, 0.5) is 11.9 Å². The monoisotopic (exact) mass is 274 g/mol. The normalized spacial score (nSPS) is 10.2. The first-order chi connectivity index (χ1) is 9.72. The molecule has 106 valence electrons. The molecule has 1 heterocycles. The first-order valence-electron chi connectivity index (χ1n) is 6.28. The molecule has 0 amide bonds. The minimum absolute atomic E-state index is 0.214. The molecule has 0 saturated heterocycles. The number of anilines is 2. The molecule has 0 radical (unpaired) electrons. The molecule has 0 saturated carbocycles. The van der Waals surface area contributed by atoms with Gasteiger partial charge in [-0.25, -0.2) is 5.84 Å². The Morgan fingerprint density at radius 3 is 2.60 bits per heavy atom. The Balaban J connectivity index is 1.99. The van der Waals surface area contributed by atoms with E-state index < -0.39 is 0 Å². The molecule has 7 nitrogen and oxygen atoms in total. The Bertz CT molecular complexity index is 552. The van der Waals surface area contributed by atoms with Gasteiger partial charge in [-0.1, -0.05) is 24.3 Å². The fourth-order valence-electron chi connectivity index (χ4n) is 1.79. The quantitative estimate of drug-likeness (QED) is 0.536. The molecule has 0 atom stereocenters. The second kappa shape index (κ2) is 6.67. The highest BCUT2D eigenvalue weighted by atomic mass is 16.5. The summed E-state index contributed by atoms with van der Waals surface area (Å²) in [7, 11) is 1.49. The number of rotatable bonds is 6. The van der Waals surface area contributed by atoms with Crippen molar-refractivity contribution in [1.29, 1.82) is 0 Å². The highest BCUT2D eigenvalue weighted by Gasteiger charge is 2.05. The van der Waals surface area contributed by atoms with Gasteiger partial charge in [0.2, 0.25) is 11.9 Å². The molecule has 2 aromatic rings. The predicted octanol–water partition coefficient (Wildman–Crippen LogP) is 1.13. The summed E-state index contributed by atoms with van der Waals surface area (Å²) in [5, 5.41) is 3.13. The molecular weight excluding hydrogens is 256 g/mol. The molecule has 0 spiro atoms. The average Bonchev–Trinajstić information content (AvgIpc) is 2.48. The van der Waals surface area contributed by atoms with E-state index >= 15 is 0 Å². The number of benzene rings is 1. The van der Waals surface area contributed by atoms with Gasteiger partial charge in [0.25, 0.3) is 0 Å². The number of hydrazine groups is 1. The average molecular weight is 274 g/mol. The van der Waals surface area contributed by atoms with Crippen molar-refractivity contribution in [3.05, 3.63) is 35.4 Å². The number of aryl methyl sites for hydroxylation is 1. The third-order valence-electron chi connectivity index (χ3n) is 2.87. The molecule has 0 aliphatic rings. The Morgan fingerprint density at radius 2 is 1.90 bits per heavy atom. The molecule has 20 heavy (non-hydrogen) atoms. The predicted molar refractivity (Wildman–Crippen MR) is 77.6 cm³/mol. The van der Waals surface area contributed by atoms with Crippen molar-refractivity contribution in [1.82, 2.24) is 15.0 Å². The first-order valence-corrected chi connectivity index (χ1v) is 6.28. The molecular formula is C13H18N6O. The summed E-state index contributed by atoms with van der Waals surface area (Å²) < 4.78 is 4.98. The number of nitrogens with zero attached hydrogens (tertiary/aromatic N) is 3. The molecule has 0 aliphatic heterocycles. The molecule has 2 rings (SSSR count). The van der Waals surface area contributed by atoms with Crippen LogP contribution in [0.5, 0.6) is 6.01 Å². The van der Waals surface area contributed by atoms with Crippen LogP contribution < -0.4 is 21.3 Å². The second-order valence-corrected chi connectivity index (χ2v) is 4.22. The van der Waals surface area contributed by atoms with Gasteiger partial charge in [-0.2, -0.15) is 15.0 Å². The van der Waals surface area contributed by atoms with Gasteiger partial charge in [-0.3, -0.25) is 5.43 Å². The third-order valence-corrected chi connectivity index (χ3v) is 2.87. The zero-order valence-electron chi connectivity index (χ0n) is 11.6. The Morgan fingerprint density at radius 1 is 1.15 bits per heavy atom. The highest BCUT2D eigenvalue weighted by Crippen LogP contribution is 2.11. The maximum atomic E-state index is 5.30. The molecule has 0 fully saturated rings. The van der Waals surface area contributed by atoms with Crippen LogP contribution in [0.2, 0.25) is 0 Å². The van der Waals surface area contributed by atoms with Crippen LogP contribution in [0.1, 0.15) is 11.1 Å². The molecule has 4 N–H and O–H groups in total. The van der Waals surface area contributed by atoms with Crippen LogP contribution in [0, 0.1) is 6.92 Å². The largest absolute Gasteiger partial charge is 0.467 e. The van der Waals surface area contributed by atoms with Crippen molar-refractivity contribution in [2.75, 3.05) is 24.4 Å². The van der Waals surface area contributed by atoms with E-state index in [4.69, 9.17) is 10.6 Å². The van der Waals surface area contributed by atoms with Gasteiger partial charge in [0, 0.05) is 6.54 Å². The fraction of sp³-hybridized carbons (Fsp3) is 0.308. The lowest BCUT2D eigenvalue weighted by atomic mass is 10.1. The summed E-state index contributed by atoms with van der Waals surface area (Å²) >= 11 is 0. The third kappa shape index (κ3) is 3.55. The van der Waals surface area contributed by atoms with E-state index in [1.54, 1.807) is 0 Å².